The first-order chi connectivity index (χ1) is 19.4. The average molecular weight is 556 g/mol. The van der Waals surface area contributed by atoms with Crippen LogP contribution in [-0.4, -0.2) is 86.6 Å². The molecule has 0 aromatic heterocycles. The molecule has 218 valence electrons. The number of carboxylic acids is 1. The predicted molar refractivity (Wildman–Crippen MR) is 150 cm³/mol. The van der Waals surface area contributed by atoms with Gasteiger partial charge in [0.2, 0.25) is 18.4 Å². The number of ether oxygens (including phenoxy) is 4. The van der Waals surface area contributed by atoms with E-state index in [-0.39, 0.29) is 19.2 Å². The molecule has 0 unspecified atom stereocenters. The van der Waals surface area contributed by atoms with E-state index < -0.39 is 23.8 Å². The summed E-state index contributed by atoms with van der Waals surface area (Å²) in [6.45, 7) is 4.44. The van der Waals surface area contributed by atoms with E-state index in [4.69, 9.17) is 24.7 Å². The van der Waals surface area contributed by atoms with Gasteiger partial charge < -0.3 is 34.7 Å². The Kier molecular flexibility index (Phi) is 10.1. The van der Waals surface area contributed by atoms with Gasteiger partial charge in [0, 0.05) is 31.6 Å². The first-order valence-corrected chi connectivity index (χ1v) is 14.0. The second-order valence-electron chi connectivity index (χ2n) is 10.3. The van der Waals surface area contributed by atoms with E-state index >= 15 is 0 Å². The Balaban J connectivity index is 1.70. The summed E-state index contributed by atoms with van der Waals surface area (Å²) < 4.78 is 22.3. The van der Waals surface area contributed by atoms with Gasteiger partial charge in [0.25, 0.3) is 0 Å². The van der Waals surface area contributed by atoms with Crippen molar-refractivity contribution in [1.82, 2.24) is 9.80 Å². The lowest BCUT2D eigenvalue weighted by molar-refractivity contribution is -0.143. The molecule has 1 fully saturated rings. The molecule has 2 aliphatic heterocycles. The third-order valence-corrected chi connectivity index (χ3v) is 7.87. The number of carboxylic acid groups (broad SMARTS) is 1. The second-order valence-corrected chi connectivity index (χ2v) is 10.3. The first kappa shape index (κ1) is 29.5. The Hall–Kier alpha value is -3.50. The van der Waals surface area contributed by atoms with E-state index in [2.05, 4.69) is 6.92 Å². The number of likely N-dealkylation sites (tertiary alicyclic amines) is 1. The minimum absolute atomic E-state index is 0.0139. The number of carbonyl (C=O) groups excluding carboxylic acids is 1. The van der Waals surface area contributed by atoms with Crippen molar-refractivity contribution >= 4 is 11.9 Å². The highest BCUT2D eigenvalue weighted by Gasteiger charge is 2.48. The largest absolute Gasteiger partial charge is 0.496 e. The first-order valence-electron chi connectivity index (χ1n) is 14.0. The molecule has 2 aliphatic rings. The van der Waals surface area contributed by atoms with Crippen LogP contribution in [-0.2, 0) is 16.0 Å². The van der Waals surface area contributed by atoms with Gasteiger partial charge in [-0.05, 0) is 55.1 Å². The third-order valence-electron chi connectivity index (χ3n) is 7.87. The molecular formula is C30H41N3O7. The van der Waals surface area contributed by atoms with E-state index in [1.54, 1.807) is 14.2 Å². The SMILES string of the molecule is CCCCN(CCCN)C(=O)CN1C[C@H](c2cc(OC)c3c(c2)OCO3)[C@@H](C(=O)O)[C@@H]1Cc1ccccc1OC. The van der Waals surface area contributed by atoms with Crippen LogP contribution in [0, 0.1) is 5.92 Å². The molecular weight excluding hydrogens is 514 g/mol. The van der Waals surface area contributed by atoms with Gasteiger partial charge in [0.05, 0.1) is 26.7 Å². The van der Waals surface area contributed by atoms with E-state index in [9.17, 15) is 14.7 Å². The van der Waals surface area contributed by atoms with Crippen LogP contribution in [0.15, 0.2) is 36.4 Å². The number of fused-ring (bicyclic) bond motifs is 1. The van der Waals surface area contributed by atoms with Crippen molar-refractivity contribution < 1.29 is 33.6 Å². The fourth-order valence-corrected chi connectivity index (χ4v) is 5.81. The molecule has 3 N–H and O–H groups in total. The number of methoxy groups -OCH3 is 2. The number of hydrogen-bond acceptors (Lipinski definition) is 8. The maximum atomic E-state index is 13.6. The number of carbonyl (C=O) groups is 2. The van der Waals surface area contributed by atoms with Crippen molar-refractivity contribution in [3.05, 3.63) is 47.5 Å². The maximum absolute atomic E-state index is 13.6. The number of nitrogens with zero attached hydrogens (tertiary/aromatic N) is 2. The molecule has 1 saturated heterocycles. The third kappa shape index (κ3) is 6.45. The van der Waals surface area contributed by atoms with Gasteiger partial charge in [-0.2, -0.15) is 0 Å². The molecule has 0 radical (unpaired) electrons. The molecule has 40 heavy (non-hydrogen) atoms. The number of para-hydroxylation sites is 1. The molecule has 0 aliphatic carbocycles. The summed E-state index contributed by atoms with van der Waals surface area (Å²) in [4.78, 5) is 30.4. The molecule has 3 atom stereocenters. The Labute approximate surface area is 235 Å². The molecule has 2 aromatic rings. The Bertz CT molecular complexity index is 1170. The second kappa shape index (κ2) is 13.7. The lowest BCUT2D eigenvalue weighted by atomic mass is 9.83. The maximum Gasteiger partial charge on any atom is 0.308 e. The summed E-state index contributed by atoms with van der Waals surface area (Å²) in [6.07, 6.45) is 3.02. The van der Waals surface area contributed by atoms with Crippen molar-refractivity contribution in [3.63, 3.8) is 0 Å². The van der Waals surface area contributed by atoms with Crippen LogP contribution in [0.5, 0.6) is 23.0 Å². The summed E-state index contributed by atoms with van der Waals surface area (Å²) in [5, 5.41) is 10.6. The number of benzene rings is 2. The number of nitrogens with two attached hydrogens (primary N) is 1. The standard InChI is InChI=1S/C30H41N3O7/c1-4-5-12-32(13-8-11-31)27(34)18-33-17-22(21-15-25(38-3)29-26(16-21)39-19-40-29)28(30(35)36)23(33)14-20-9-6-7-10-24(20)37-2/h6-7,9-10,15-16,22-23,28H,4-5,8,11-14,17-19,31H2,1-3H3,(H,35,36)/t22-,23+,28-/m1/s1. The average Bonchev–Trinajstić information content (AvgIpc) is 3.57. The van der Waals surface area contributed by atoms with Gasteiger partial charge in [0.1, 0.15) is 5.75 Å². The van der Waals surface area contributed by atoms with E-state index in [0.29, 0.717) is 55.6 Å². The lowest BCUT2D eigenvalue weighted by Crippen LogP contribution is -2.45. The Morgan fingerprint density at radius 1 is 1.10 bits per heavy atom. The van der Waals surface area contributed by atoms with Crippen LogP contribution >= 0.6 is 0 Å². The number of unbranched alkanes of at least 4 members (excludes halogenated alkanes) is 1. The van der Waals surface area contributed by atoms with Crippen molar-refractivity contribution in [1.29, 1.82) is 0 Å². The minimum Gasteiger partial charge on any atom is -0.496 e. The minimum atomic E-state index is -0.914. The molecule has 4 rings (SSSR count). The molecule has 10 nitrogen and oxygen atoms in total. The predicted octanol–water partition coefficient (Wildman–Crippen LogP) is 3.12. The zero-order chi connectivity index (χ0) is 28.6. The van der Waals surface area contributed by atoms with E-state index in [1.807, 2.05) is 46.2 Å². The molecule has 2 heterocycles. The van der Waals surface area contributed by atoms with Crippen LogP contribution in [0.25, 0.3) is 0 Å². The number of hydrogen-bond donors (Lipinski definition) is 2. The number of rotatable bonds is 14. The Morgan fingerprint density at radius 2 is 1.85 bits per heavy atom. The normalized spacial score (nSPS) is 19.9. The van der Waals surface area contributed by atoms with E-state index in [0.717, 1.165) is 30.4 Å². The van der Waals surface area contributed by atoms with Crippen LogP contribution in [0.4, 0.5) is 0 Å². The lowest BCUT2D eigenvalue weighted by Gasteiger charge is -2.30. The molecule has 2 aromatic carbocycles. The van der Waals surface area contributed by atoms with Gasteiger partial charge >= 0.3 is 5.97 Å². The van der Waals surface area contributed by atoms with Crippen molar-refractivity contribution in [2.24, 2.45) is 11.7 Å². The fourth-order valence-electron chi connectivity index (χ4n) is 5.81. The van der Waals surface area contributed by atoms with Gasteiger partial charge in [-0.25, -0.2) is 0 Å². The summed E-state index contributed by atoms with van der Waals surface area (Å²) in [5.41, 5.74) is 7.42. The van der Waals surface area contributed by atoms with Gasteiger partial charge in [-0.3, -0.25) is 14.5 Å². The summed E-state index contributed by atoms with van der Waals surface area (Å²) in [6, 6.07) is 10.8. The summed E-state index contributed by atoms with van der Waals surface area (Å²) >= 11 is 0. The molecule has 0 saturated carbocycles. The van der Waals surface area contributed by atoms with Crippen LogP contribution < -0.4 is 24.7 Å². The fraction of sp³-hybridized carbons (Fsp3) is 0.533. The summed E-state index contributed by atoms with van der Waals surface area (Å²) in [7, 11) is 3.15. The van der Waals surface area contributed by atoms with Crippen molar-refractivity contribution in [2.75, 3.05) is 53.7 Å². The highest BCUT2D eigenvalue weighted by molar-refractivity contribution is 5.79. The zero-order valence-corrected chi connectivity index (χ0v) is 23.6. The van der Waals surface area contributed by atoms with E-state index in [1.165, 1.54) is 0 Å². The van der Waals surface area contributed by atoms with Crippen LogP contribution in [0.2, 0.25) is 0 Å². The zero-order valence-electron chi connectivity index (χ0n) is 23.6. The van der Waals surface area contributed by atoms with Gasteiger partial charge in [-0.1, -0.05) is 31.5 Å². The number of amides is 1. The van der Waals surface area contributed by atoms with Crippen molar-refractivity contribution in [2.45, 2.75) is 44.6 Å². The topological polar surface area (TPSA) is 124 Å². The molecule has 0 bridgehead atoms. The number of aliphatic carboxylic acids is 1. The Morgan fingerprint density at radius 3 is 2.55 bits per heavy atom. The quantitative estimate of drug-likeness (QED) is 0.362. The van der Waals surface area contributed by atoms with Gasteiger partial charge in [-0.15, -0.1) is 0 Å². The smallest absolute Gasteiger partial charge is 0.308 e. The molecule has 10 heteroatoms. The van der Waals surface area contributed by atoms with Gasteiger partial charge in [0.15, 0.2) is 11.5 Å². The van der Waals surface area contributed by atoms with Crippen LogP contribution in [0.3, 0.4) is 0 Å². The van der Waals surface area contributed by atoms with Crippen LogP contribution in [0.1, 0.15) is 43.2 Å². The highest BCUT2D eigenvalue weighted by Crippen LogP contribution is 2.47. The molecule has 0 spiro atoms. The van der Waals surface area contributed by atoms with Crippen molar-refractivity contribution in [3.8, 4) is 23.0 Å². The molecule has 1 amide bonds. The highest BCUT2D eigenvalue weighted by atomic mass is 16.7. The monoisotopic (exact) mass is 555 g/mol. The summed E-state index contributed by atoms with van der Waals surface area (Å²) in [5.74, 6) is 0.123.